The molecule has 1 aliphatic rings. The van der Waals surface area contributed by atoms with Crippen LogP contribution < -0.4 is 11.5 Å². The van der Waals surface area contributed by atoms with Crippen molar-refractivity contribution in [3.63, 3.8) is 0 Å². The summed E-state index contributed by atoms with van der Waals surface area (Å²) >= 11 is 4.63. The van der Waals surface area contributed by atoms with Crippen molar-refractivity contribution in [3.05, 3.63) is 11.5 Å². The van der Waals surface area contributed by atoms with E-state index in [-0.39, 0.29) is 15.6 Å². The topological polar surface area (TPSA) is 93.9 Å². The van der Waals surface area contributed by atoms with Gasteiger partial charge in [0.25, 0.3) is 0 Å². The molecule has 0 bridgehead atoms. The molecule has 0 aromatic rings. The number of nitrogens with two attached hydrogens (primary N) is 2. The van der Waals surface area contributed by atoms with Gasteiger partial charge in [0.15, 0.2) is 27.8 Å². The maximum Gasteiger partial charge on any atom is 0.370 e. The zero-order chi connectivity index (χ0) is 10.9. The summed E-state index contributed by atoms with van der Waals surface area (Å²) in [4.78, 5) is 16.7. The number of carbonyl (C=O) groups is 1. The molecule has 1 atom stereocenters. The van der Waals surface area contributed by atoms with Crippen LogP contribution in [0.2, 0.25) is 0 Å². The Balaban J connectivity index is 3.13. The highest BCUT2D eigenvalue weighted by molar-refractivity contribution is 14.1. The monoisotopic (exact) mass is 374 g/mol. The molecule has 0 spiro atoms. The van der Waals surface area contributed by atoms with E-state index in [1.54, 1.807) is 11.9 Å². The van der Waals surface area contributed by atoms with E-state index in [1.165, 1.54) is 0 Å². The quantitative estimate of drug-likeness (QED) is 0.383. The lowest BCUT2D eigenvalue weighted by molar-refractivity contribution is -0.129. The number of hydrogen-bond donors (Lipinski definition) is 2. The third-order valence-corrected chi connectivity index (χ3v) is 3.46. The Morgan fingerprint density at radius 1 is 1.71 bits per heavy atom. The number of halogens is 2. The summed E-state index contributed by atoms with van der Waals surface area (Å²) in [5, 5.41) is 0. The Kier molecular flexibility index (Phi) is 3.59. The molecule has 8 heteroatoms. The van der Waals surface area contributed by atoms with Gasteiger partial charge < -0.3 is 20.2 Å². The molecular formula is C6H8BrIN4O2. The van der Waals surface area contributed by atoms with Gasteiger partial charge in [0.2, 0.25) is 0 Å². The summed E-state index contributed by atoms with van der Waals surface area (Å²) in [6, 6.07) is 0. The Morgan fingerprint density at radius 2 is 2.29 bits per heavy atom. The first-order valence-electron chi connectivity index (χ1n) is 3.52. The van der Waals surface area contributed by atoms with E-state index in [4.69, 9.17) is 11.5 Å². The fraction of sp³-hybridized carbons (Fsp3) is 0.333. The van der Waals surface area contributed by atoms with Crippen LogP contribution in [0.3, 0.4) is 0 Å². The van der Waals surface area contributed by atoms with Crippen molar-refractivity contribution in [1.82, 2.24) is 4.90 Å². The standard InChI is InChI=1S/C6H8BrIN4O2/c1-12-2(6(13)14-7)4(9)11-5(10)3(12)8/h3H,9H2,1H3,(H2,10,11). The van der Waals surface area contributed by atoms with E-state index >= 15 is 0 Å². The molecule has 4 N–H and O–H groups in total. The predicted molar refractivity (Wildman–Crippen MR) is 63.4 cm³/mol. The molecule has 0 fully saturated rings. The number of aliphatic imine (C=N–C) groups is 1. The van der Waals surface area contributed by atoms with Crippen LogP contribution >= 0.6 is 38.8 Å². The third-order valence-electron chi connectivity index (χ3n) is 1.69. The SMILES string of the molecule is CN1C(C(=O)OBr)=C(N)N=C(N)C1I. The first kappa shape index (κ1) is 11.6. The second kappa shape index (κ2) is 4.34. The van der Waals surface area contributed by atoms with Crippen molar-refractivity contribution in [2.75, 3.05) is 7.05 Å². The van der Waals surface area contributed by atoms with Crippen molar-refractivity contribution in [2.45, 2.75) is 4.05 Å². The van der Waals surface area contributed by atoms with Crippen LogP contribution in [0.5, 0.6) is 0 Å². The largest absolute Gasteiger partial charge is 0.385 e. The van der Waals surface area contributed by atoms with Crippen LogP contribution in [-0.2, 0) is 8.62 Å². The Morgan fingerprint density at radius 3 is 2.79 bits per heavy atom. The van der Waals surface area contributed by atoms with Gasteiger partial charge in [-0.25, -0.2) is 9.79 Å². The van der Waals surface area contributed by atoms with Gasteiger partial charge in [0, 0.05) is 7.05 Å². The van der Waals surface area contributed by atoms with Gasteiger partial charge in [-0.15, -0.1) is 0 Å². The molecule has 0 aromatic heterocycles. The lowest BCUT2D eigenvalue weighted by Gasteiger charge is -2.29. The summed E-state index contributed by atoms with van der Waals surface area (Å²) in [6.45, 7) is 0. The molecule has 0 saturated heterocycles. The predicted octanol–water partition coefficient (Wildman–Crippen LogP) is 0.0310. The van der Waals surface area contributed by atoms with Gasteiger partial charge >= 0.3 is 5.97 Å². The van der Waals surface area contributed by atoms with E-state index < -0.39 is 5.97 Å². The maximum absolute atomic E-state index is 11.3. The van der Waals surface area contributed by atoms with Crippen molar-refractivity contribution in [3.8, 4) is 0 Å². The van der Waals surface area contributed by atoms with Crippen LogP contribution in [0.25, 0.3) is 0 Å². The molecule has 0 radical (unpaired) electrons. The molecule has 0 amide bonds. The van der Waals surface area contributed by atoms with E-state index in [0.717, 1.165) is 0 Å². The molecule has 0 saturated carbocycles. The van der Waals surface area contributed by atoms with Crippen molar-refractivity contribution in [1.29, 1.82) is 0 Å². The van der Waals surface area contributed by atoms with E-state index in [9.17, 15) is 4.79 Å². The first-order chi connectivity index (χ1) is 6.49. The minimum absolute atomic E-state index is 0.0577. The Bertz CT molecular complexity index is 330. The number of nitrogens with zero attached hydrogens (tertiary/aromatic N) is 2. The maximum atomic E-state index is 11.3. The number of amidine groups is 1. The first-order valence-corrected chi connectivity index (χ1v) is 5.42. The van der Waals surface area contributed by atoms with Crippen LogP contribution in [0.1, 0.15) is 0 Å². The minimum Gasteiger partial charge on any atom is -0.385 e. The highest BCUT2D eigenvalue weighted by Crippen LogP contribution is 2.21. The highest BCUT2D eigenvalue weighted by atomic mass is 127. The van der Waals surface area contributed by atoms with Gasteiger partial charge in [0.05, 0.1) is 0 Å². The summed E-state index contributed by atoms with van der Waals surface area (Å²) in [5.74, 6) is -0.179. The smallest absolute Gasteiger partial charge is 0.370 e. The molecule has 1 unspecified atom stereocenters. The van der Waals surface area contributed by atoms with Crippen LogP contribution in [0, 0.1) is 0 Å². The Labute approximate surface area is 103 Å². The lowest BCUT2D eigenvalue weighted by atomic mass is 10.3. The normalized spacial score (nSPS) is 22.1. The summed E-state index contributed by atoms with van der Waals surface area (Å²) in [5.41, 5.74) is 11.3. The fourth-order valence-corrected chi connectivity index (χ4v) is 1.59. The molecule has 1 rings (SSSR count). The molecule has 6 nitrogen and oxygen atoms in total. The second-order valence-electron chi connectivity index (χ2n) is 2.58. The Hall–Kier alpha value is -0.510. The summed E-state index contributed by atoms with van der Waals surface area (Å²) in [7, 11) is 1.69. The number of likely N-dealkylation sites (N-methyl/N-ethyl adjacent to an activating group) is 1. The number of alkyl halides is 1. The molecule has 0 aromatic carbocycles. The van der Waals surface area contributed by atoms with E-state index in [1.807, 2.05) is 22.6 Å². The lowest BCUT2D eigenvalue weighted by Crippen LogP contribution is -2.44. The van der Waals surface area contributed by atoms with Gasteiger partial charge in [-0.1, -0.05) is 0 Å². The summed E-state index contributed by atoms with van der Waals surface area (Å²) in [6.07, 6.45) is 0. The fourth-order valence-electron chi connectivity index (χ4n) is 1.02. The van der Waals surface area contributed by atoms with Gasteiger partial charge in [-0.2, -0.15) is 0 Å². The number of carbonyl (C=O) groups excluding carboxylic acids is 1. The molecular weight excluding hydrogens is 367 g/mol. The molecule has 78 valence electrons. The minimum atomic E-state index is -0.595. The van der Waals surface area contributed by atoms with Gasteiger partial charge in [-0.05, 0) is 22.6 Å². The molecule has 14 heavy (non-hydrogen) atoms. The van der Waals surface area contributed by atoms with E-state index in [0.29, 0.717) is 5.84 Å². The zero-order valence-corrected chi connectivity index (χ0v) is 10.9. The molecule has 0 aliphatic carbocycles. The van der Waals surface area contributed by atoms with E-state index in [2.05, 4.69) is 25.1 Å². The van der Waals surface area contributed by atoms with Gasteiger partial charge in [-0.3, -0.25) is 0 Å². The third kappa shape index (κ3) is 1.95. The van der Waals surface area contributed by atoms with Crippen LogP contribution in [0.15, 0.2) is 16.5 Å². The molecule has 1 heterocycles. The van der Waals surface area contributed by atoms with Crippen molar-refractivity contribution >= 4 is 50.7 Å². The van der Waals surface area contributed by atoms with Gasteiger partial charge in [0.1, 0.15) is 9.88 Å². The van der Waals surface area contributed by atoms with Crippen LogP contribution in [-0.4, -0.2) is 27.8 Å². The molecule has 1 aliphatic heterocycles. The average Bonchev–Trinajstić information content (AvgIpc) is 2.14. The van der Waals surface area contributed by atoms with Crippen molar-refractivity contribution < 1.29 is 8.62 Å². The number of hydrogen-bond acceptors (Lipinski definition) is 6. The summed E-state index contributed by atoms with van der Waals surface area (Å²) < 4.78 is 4.19. The van der Waals surface area contributed by atoms with Crippen molar-refractivity contribution in [2.24, 2.45) is 16.5 Å². The second-order valence-corrected chi connectivity index (χ2v) is 4.09. The number of rotatable bonds is 1. The zero-order valence-electron chi connectivity index (χ0n) is 7.20. The highest BCUT2D eigenvalue weighted by Gasteiger charge is 2.30. The average molecular weight is 375 g/mol. The van der Waals surface area contributed by atoms with Crippen LogP contribution in [0.4, 0.5) is 0 Å².